The molecule has 0 saturated carbocycles. The molecule has 0 aliphatic carbocycles. The molecule has 1 aliphatic heterocycles. The number of halogens is 1. The summed E-state index contributed by atoms with van der Waals surface area (Å²) in [5, 5.41) is 4.45. The van der Waals surface area contributed by atoms with E-state index in [1.54, 1.807) is 54.7 Å². The summed E-state index contributed by atoms with van der Waals surface area (Å²) in [7, 11) is 1.78. The molecule has 0 radical (unpaired) electrons. The van der Waals surface area contributed by atoms with Crippen LogP contribution in [0.2, 0.25) is 0 Å². The molecule has 5 heterocycles. The van der Waals surface area contributed by atoms with E-state index in [9.17, 15) is 4.79 Å². The molecule has 5 aromatic rings. The number of aromatic amines is 1. The minimum absolute atomic E-state index is 0.0413. The van der Waals surface area contributed by atoms with Gasteiger partial charge >= 0.3 is 0 Å². The van der Waals surface area contributed by atoms with Gasteiger partial charge in [0.05, 0.1) is 35.4 Å². The number of aryl methyl sites for hydroxylation is 1. The smallest absolute Gasteiger partial charge is 0.292 e. The third-order valence-corrected chi connectivity index (χ3v) is 5.66. The van der Waals surface area contributed by atoms with Crippen LogP contribution < -0.4 is 0 Å². The number of furan rings is 1. The van der Waals surface area contributed by atoms with Crippen molar-refractivity contribution in [2.24, 2.45) is 7.05 Å². The fourth-order valence-corrected chi connectivity index (χ4v) is 4.15. The van der Waals surface area contributed by atoms with Gasteiger partial charge in [-0.05, 0) is 12.1 Å². The van der Waals surface area contributed by atoms with E-state index in [0.717, 1.165) is 5.69 Å². The van der Waals surface area contributed by atoms with Crippen molar-refractivity contribution < 1.29 is 18.0 Å². The van der Waals surface area contributed by atoms with Crippen molar-refractivity contribution in [1.29, 1.82) is 0 Å². The van der Waals surface area contributed by atoms with E-state index in [4.69, 9.17) is 8.83 Å². The zero-order valence-electron chi connectivity index (χ0n) is 16.9. The van der Waals surface area contributed by atoms with Gasteiger partial charge in [0, 0.05) is 31.9 Å². The fraction of sp³-hybridized carbons (Fsp3) is 0.182. The molecule has 4 aromatic heterocycles. The number of benzene rings is 1. The van der Waals surface area contributed by atoms with Gasteiger partial charge in [-0.15, -0.1) is 0 Å². The van der Waals surface area contributed by atoms with Crippen LogP contribution >= 0.6 is 0 Å². The molecule has 0 saturated heterocycles. The lowest BCUT2D eigenvalue weighted by atomic mass is 9.99. The van der Waals surface area contributed by atoms with Gasteiger partial charge in [0.15, 0.2) is 11.6 Å². The highest BCUT2D eigenvalue weighted by atomic mass is 19.1. The third-order valence-electron chi connectivity index (χ3n) is 5.66. The summed E-state index contributed by atoms with van der Waals surface area (Å²) in [5.41, 5.74) is 2.45. The summed E-state index contributed by atoms with van der Waals surface area (Å²) < 4.78 is 28.6. The van der Waals surface area contributed by atoms with E-state index in [0.29, 0.717) is 35.2 Å². The van der Waals surface area contributed by atoms with Crippen molar-refractivity contribution in [1.82, 2.24) is 29.6 Å². The number of nitrogens with one attached hydrogen (secondary N) is 1. The summed E-state index contributed by atoms with van der Waals surface area (Å²) in [6.07, 6.45) is 6.80. The summed E-state index contributed by atoms with van der Waals surface area (Å²) in [6, 6.07) is 6.01. The van der Waals surface area contributed by atoms with E-state index >= 15 is 4.39 Å². The molecule has 0 spiro atoms. The zero-order valence-corrected chi connectivity index (χ0v) is 16.9. The van der Waals surface area contributed by atoms with Gasteiger partial charge in [0.25, 0.3) is 5.91 Å². The van der Waals surface area contributed by atoms with Crippen LogP contribution in [0.4, 0.5) is 4.39 Å². The van der Waals surface area contributed by atoms with Gasteiger partial charge in [0.2, 0.25) is 11.7 Å². The largest absolute Gasteiger partial charge is 0.455 e. The first kappa shape index (κ1) is 18.6. The van der Waals surface area contributed by atoms with Crippen molar-refractivity contribution in [3.8, 4) is 11.5 Å². The number of H-pyrrole nitrogens is 1. The van der Waals surface area contributed by atoms with Crippen molar-refractivity contribution in [3.63, 3.8) is 0 Å². The molecule has 0 bridgehead atoms. The lowest BCUT2D eigenvalue weighted by Gasteiger charge is -2.33. The highest BCUT2D eigenvalue weighted by molar-refractivity contribution is 5.92. The Morgan fingerprint density at radius 1 is 1.22 bits per heavy atom. The number of para-hydroxylation sites is 1. The number of nitrogens with zero attached hydrogens (tertiary/aromatic N) is 5. The normalized spacial score (nSPS) is 15.9. The van der Waals surface area contributed by atoms with Crippen molar-refractivity contribution in [2.45, 2.75) is 12.5 Å². The molecular formula is C22H17FN6O3. The summed E-state index contributed by atoms with van der Waals surface area (Å²) in [5.74, 6) is -0.562. The first-order chi connectivity index (χ1) is 15.6. The molecular weight excluding hydrogens is 415 g/mol. The number of aromatic nitrogens is 5. The molecule has 0 fully saturated rings. The Labute approximate surface area is 180 Å². The van der Waals surface area contributed by atoms with Crippen molar-refractivity contribution in [3.05, 3.63) is 77.9 Å². The highest BCUT2D eigenvalue weighted by Gasteiger charge is 2.40. The van der Waals surface area contributed by atoms with Gasteiger partial charge in [-0.1, -0.05) is 12.1 Å². The SMILES string of the molecule is Cn1cc(-c2ncc(C(=O)N3CCc4[nH]cnc4[C@@H]3c3oc4ccccc4c3F)o2)cn1. The van der Waals surface area contributed by atoms with E-state index < -0.39 is 17.8 Å². The number of hydrogen-bond donors (Lipinski definition) is 1. The summed E-state index contributed by atoms with van der Waals surface area (Å²) in [6.45, 7) is 0.331. The molecule has 1 aliphatic rings. The quantitative estimate of drug-likeness (QED) is 0.468. The Balaban J connectivity index is 1.43. The van der Waals surface area contributed by atoms with Crippen LogP contribution in [0.15, 0.2) is 58.0 Å². The van der Waals surface area contributed by atoms with Crippen LogP contribution in [0.1, 0.15) is 33.7 Å². The van der Waals surface area contributed by atoms with Crippen LogP contribution in [0.3, 0.4) is 0 Å². The van der Waals surface area contributed by atoms with Crippen LogP contribution in [0.25, 0.3) is 22.4 Å². The molecule has 9 nitrogen and oxygen atoms in total. The standard InChI is InChI=1S/C22H17FN6O3/c1-28-10-12(8-27-28)21-24-9-16(32-21)22(30)29-7-6-14-18(26-11-25-14)19(29)20-17(23)13-4-2-3-5-15(13)31-20/h2-5,8-11,19H,6-7H2,1H3,(H,25,26)/t19-/m1/s1. The lowest BCUT2D eigenvalue weighted by Crippen LogP contribution is -2.40. The average Bonchev–Trinajstić information content (AvgIpc) is 3.59. The minimum Gasteiger partial charge on any atom is -0.455 e. The Bertz CT molecular complexity index is 1460. The third kappa shape index (κ3) is 2.76. The number of oxazole rings is 1. The summed E-state index contributed by atoms with van der Waals surface area (Å²) >= 11 is 0. The Hall–Kier alpha value is -4.21. The van der Waals surface area contributed by atoms with Gasteiger partial charge in [0.1, 0.15) is 11.6 Å². The van der Waals surface area contributed by atoms with Gasteiger partial charge in [-0.25, -0.2) is 14.4 Å². The Morgan fingerprint density at radius 3 is 2.91 bits per heavy atom. The first-order valence-electron chi connectivity index (χ1n) is 10.0. The number of imidazole rings is 1. The topological polar surface area (TPSA) is 106 Å². The van der Waals surface area contributed by atoms with Crippen molar-refractivity contribution >= 4 is 16.9 Å². The number of fused-ring (bicyclic) bond motifs is 2. The predicted octanol–water partition coefficient (Wildman–Crippen LogP) is 3.47. The molecule has 10 heteroatoms. The number of carbonyl (C=O) groups is 1. The van der Waals surface area contributed by atoms with Crippen molar-refractivity contribution in [2.75, 3.05) is 6.54 Å². The molecule has 6 rings (SSSR count). The Morgan fingerprint density at radius 2 is 2.09 bits per heavy atom. The van der Waals surface area contributed by atoms with Gasteiger partial charge in [-0.3, -0.25) is 9.48 Å². The summed E-state index contributed by atoms with van der Waals surface area (Å²) in [4.78, 5) is 26.6. The number of rotatable bonds is 3. The fourth-order valence-electron chi connectivity index (χ4n) is 4.15. The molecule has 160 valence electrons. The molecule has 1 aromatic carbocycles. The van der Waals surface area contributed by atoms with Gasteiger partial charge < -0.3 is 18.7 Å². The zero-order chi connectivity index (χ0) is 21.8. The first-order valence-corrected chi connectivity index (χ1v) is 10.0. The predicted molar refractivity (Wildman–Crippen MR) is 110 cm³/mol. The van der Waals surface area contributed by atoms with Crippen LogP contribution in [-0.2, 0) is 13.5 Å². The van der Waals surface area contributed by atoms with Crippen LogP contribution in [0.5, 0.6) is 0 Å². The molecule has 1 N–H and O–H groups in total. The van der Waals surface area contributed by atoms with E-state index in [2.05, 4.69) is 20.1 Å². The number of amides is 1. The minimum atomic E-state index is -0.836. The molecule has 1 amide bonds. The van der Waals surface area contributed by atoms with Crippen LogP contribution in [-0.4, -0.2) is 42.1 Å². The second-order valence-corrected chi connectivity index (χ2v) is 7.63. The molecule has 32 heavy (non-hydrogen) atoms. The molecule has 1 atom stereocenters. The maximum Gasteiger partial charge on any atom is 0.292 e. The number of carbonyl (C=O) groups excluding carboxylic acids is 1. The molecule has 0 unspecified atom stereocenters. The Kier molecular flexibility index (Phi) is 4.00. The monoisotopic (exact) mass is 432 g/mol. The van der Waals surface area contributed by atoms with E-state index in [1.807, 2.05) is 0 Å². The highest BCUT2D eigenvalue weighted by Crippen LogP contribution is 2.39. The van der Waals surface area contributed by atoms with E-state index in [1.165, 1.54) is 11.1 Å². The maximum atomic E-state index is 15.4. The second-order valence-electron chi connectivity index (χ2n) is 7.63. The maximum absolute atomic E-state index is 15.4. The van der Waals surface area contributed by atoms with Gasteiger partial charge in [-0.2, -0.15) is 5.10 Å². The second kappa shape index (κ2) is 6.91. The van der Waals surface area contributed by atoms with E-state index in [-0.39, 0.29) is 17.4 Å². The lowest BCUT2D eigenvalue weighted by molar-refractivity contribution is 0.0637. The van der Waals surface area contributed by atoms with Crippen LogP contribution in [0, 0.1) is 5.82 Å². The number of hydrogen-bond acceptors (Lipinski definition) is 6. The average molecular weight is 432 g/mol.